The van der Waals surface area contributed by atoms with E-state index < -0.39 is 0 Å². The summed E-state index contributed by atoms with van der Waals surface area (Å²) in [6, 6.07) is 21.3. The molecule has 0 radical (unpaired) electrons. The fourth-order valence-electron chi connectivity index (χ4n) is 2.17. The van der Waals surface area contributed by atoms with Gasteiger partial charge in [0, 0.05) is 12.1 Å². The summed E-state index contributed by atoms with van der Waals surface area (Å²) in [6.07, 6.45) is 3.58. The van der Waals surface area contributed by atoms with Crippen LogP contribution in [0.4, 0.5) is 0 Å². The van der Waals surface area contributed by atoms with Gasteiger partial charge in [0.2, 0.25) is 12.4 Å². The molecule has 22 heavy (non-hydrogen) atoms. The summed E-state index contributed by atoms with van der Waals surface area (Å²) in [5.74, 6) is -0.256. The van der Waals surface area contributed by atoms with Crippen LogP contribution in [-0.4, -0.2) is 5.90 Å². The number of pyridine rings is 1. The lowest BCUT2D eigenvalue weighted by atomic mass is 10.1. The Morgan fingerprint density at radius 2 is 1.41 bits per heavy atom. The minimum atomic E-state index is -0.256. The van der Waals surface area contributed by atoms with Crippen LogP contribution in [-0.2, 0) is 0 Å². The van der Waals surface area contributed by atoms with E-state index in [9.17, 15) is 5.11 Å². The Bertz CT molecular complexity index is 776. The molecule has 0 saturated heterocycles. The molecule has 0 aliphatic carbocycles. The van der Waals surface area contributed by atoms with E-state index in [1.165, 1.54) is 10.2 Å². The molecule has 2 aromatic carbocycles. The normalized spacial score (nSPS) is 11.4. The van der Waals surface area contributed by atoms with Crippen LogP contribution in [0.3, 0.4) is 0 Å². The summed E-state index contributed by atoms with van der Waals surface area (Å²) >= 11 is 0. The van der Waals surface area contributed by atoms with Crippen molar-refractivity contribution in [1.82, 2.24) is 0 Å². The maximum atomic E-state index is 12.0. The second-order valence-corrected chi connectivity index (χ2v) is 5.10. The SMILES string of the molecule is Cc1ccc(-c2cc[n+](/N=C(\[O-])c3ccccc3)cc2)cc1. The van der Waals surface area contributed by atoms with Gasteiger partial charge < -0.3 is 5.11 Å². The number of aryl methyl sites for hydroxylation is 1. The lowest BCUT2D eigenvalue weighted by Gasteiger charge is -2.06. The number of hydrogen-bond donors (Lipinski definition) is 0. The van der Waals surface area contributed by atoms with Crippen LogP contribution in [0.2, 0.25) is 0 Å². The number of hydrogen-bond acceptors (Lipinski definition) is 2. The topological polar surface area (TPSA) is 39.3 Å². The summed E-state index contributed by atoms with van der Waals surface area (Å²) in [5, 5.41) is 16.1. The fraction of sp³-hybridized carbons (Fsp3) is 0.0526. The molecule has 3 heteroatoms. The fourth-order valence-corrected chi connectivity index (χ4v) is 2.17. The van der Waals surface area contributed by atoms with Gasteiger partial charge >= 0.3 is 0 Å². The second kappa shape index (κ2) is 6.22. The zero-order valence-corrected chi connectivity index (χ0v) is 12.3. The number of aromatic nitrogens is 1. The van der Waals surface area contributed by atoms with Crippen LogP contribution in [0.1, 0.15) is 11.1 Å². The predicted octanol–water partition coefficient (Wildman–Crippen LogP) is 2.52. The van der Waals surface area contributed by atoms with Gasteiger partial charge in [0.1, 0.15) is 0 Å². The average molecular weight is 288 g/mol. The lowest BCUT2D eigenvalue weighted by molar-refractivity contribution is -0.681. The van der Waals surface area contributed by atoms with Crippen molar-refractivity contribution in [2.24, 2.45) is 5.10 Å². The molecule has 0 spiro atoms. The first-order valence-corrected chi connectivity index (χ1v) is 7.12. The van der Waals surface area contributed by atoms with Gasteiger partial charge in [0.25, 0.3) is 0 Å². The van der Waals surface area contributed by atoms with E-state index in [2.05, 4.69) is 36.3 Å². The Kier molecular flexibility index (Phi) is 3.97. The molecule has 0 fully saturated rings. The summed E-state index contributed by atoms with van der Waals surface area (Å²) < 4.78 is 1.53. The van der Waals surface area contributed by atoms with Crippen LogP contribution in [0.25, 0.3) is 11.1 Å². The first-order chi connectivity index (χ1) is 10.7. The van der Waals surface area contributed by atoms with Crippen LogP contribution in [0.15, 0.2) is 84.2 Å². The molecule has 1 heterocycles. The van der Waals surface area contributed by atoms with Crippen molar-refractivity contribution in [2.45, 2.75) is 6.92 Å². The molecule has 0 aliphatic rings. The van der Waals surface area contributed by atoms with Crippen molar-refractivity contribution in [3.63, 3.8) is 0 Å². The molecule has 0 saturated carbocycles. The molecule has 0 unspecified atom stereocenters. The van der Waals surface area contributed by atoms with E-state index in [0.29, 0.717) is 5.56 Å². The molecule has 0 aliphatic heterocycles. The molecular formula is C19H16N2O. The lowest BCUT2D eigenvalue weighted by Crippen LogP contribution is -2.33. The van der Waals surface area contributed by atoms with Gasteiger partial charge in [-0.25, -0.2) is 0 Å². The van der Waals surface area contributed by atoms with E-state index in [1.807, 2.05) is 30.3 Å². The van der Waals surface area contributed by atoms with Gasteiger partial charge in [0.15, 0.2) is 0 Å². The van der Waals surface area contributed by atoms with Gasteiger partial charge in [-0.05, 0) is 28.7 Å². The number of rotatable bonds is 3. The number of nitrogens with zero attached hydrogens (tertiary/aromatic N) is 2. The molecule has 3 nitrogen and oxygen atoms in total. The zero-order chi connectivity index (χ0) is 15.4. The Hall–Kier alpha value is -2.94. The van der Waals surface area contributed by atoms with Gasteiger partial charge in [-0.15, -0.1) is 0 Å². The van der Waals surface area contributed by atoms with Crippen LogP contribution < -0.4 is 9.78 Å². The van der Waals surface area contributed by atoms with Crippen molar-refractivity contribution in [3.05, 3.63) is 90.3 Å². The highest BCUT2D eigenvalue weighted by Gasteiger charge is 2.02. The smallest absolute Gasteiger partial charge is 0.202 e. The summed E-state index contributed by atoms with van der Waals surface area (Å²) in [6.45, 7) is 2.07. The number of benzene rings is 2. The molecule has 1 aromatic heterocycles. The quantitative estimate of drug-likeness (QED) is 0.415. The molecule has 3 rings (SSSR count). The maximum Gasteiger partial charge on any atom is 0.202 e. The molecule has 0 amide bonds. The first-order valence-electron chi connectivity index (χ1n) is 7.12. The third-order valence-corrected chi connectivity index (χ3v) is 3.43. The first kappa shape index (κ1) is 14.0. The summed E-state index contributed by atoms with van der Waals surface area (Å²) in [7, 11) is 0. The van der Waals surface area contributed by atoms with Crippen molar-refractivity contribution in [1.29, 1.82) is 0 Å². The van der Waals surface area contributed by atoms with Crippen molar-refractivity contribution in [2.75, 3.05) is 0 Å². The molecule has 0 bridgehead atoms. The van der Waals surface area contributed by atoms with E-state index >= 15 is 0 Å². The third-order valence-electron chi connectivity index (χ3n) is 3.43. The van der Waals surface area contributed by atoms with Crippen molar-refractivity contribution in [3.8, 4) is 11.1 Å². The highest BCUT2D eigenvalue weighted by atomic mass is 16.3. The maximum absolute atomic E-state index is 12.0. The van der Waals surface area contributed by atoms with E-state index in [0.717, 1.165) is 11.1 Å². The Morgan fingerprint density at radius 3 is 2.05 bits per heavy atom. The second-order valence-electron chi connectivity index (χ2n) is 5.10. The highest BCUT2D eigenvalue weighted by Crippen LogP contribution is 2.17. The molecular weight excluding hydrogens is 272 g/mol. The highest BCUT2D eigenvalue weighted by molar-refractivity contribution is 5.89. The Morgan fingerprint density at radius 1 is 0.818 bits per heavy atom. The summed E-state index contributed by atoms with van der Waals surface area (Å²) in [4.78, 5) is 0. The molecule has 0 N–H and O–H groups in total. The molecule has 0 atom stereocenters. The van der Waals surface area contributed by atoms with Gasteiger partial charge in [-0.1, -0.05) is 64.8 Å². The van der Waals surface area contributed by atoms with Crippen molar-refractivity contribution < 1.29 is 9.78 Å². The van der Waals surface area contributed by atoms with Crippen LogP contribution in [0, 0.1) is 6.92 Å². The van der Waals surface area contributed by atoms with Gasteiger partial charge in [0.05, 0.1) is 5.90 Å². The largest absolute Gasteiger partial charge is 0.854 e. The minimum Gasteiger partial charge on any atom is -0.854 e. The summed E-state index contributed by atoms with van der Waals surface area (Å²) in [5.41, 5.74) is 4.06. The van der Waals surface area contributed by atoms with Gasteiger partial charge in [-0.2, -0.15) is 0 Å². The Balaban J connectivity index is 1.84. The van der Waals surface area contributed by atoms with Crippen LogP contribution in [0.5, 0.6) is 0 Å². The minimum absolute atomic E-state index is 0.256. The molecule has 3 aromatic rings. The molecule has 108 valence electrons. The predicted molar refractivity (Wildman–Crippen MR) is 85.2 cm³/mol. The van der Waals surface area contributed by atoms with E-state index in [1.54, 1.807) is 24.5 Å². The average Bonchev–Trinajstić information content (AvgIpc) is 2.57. The standard InChI is InChI=1S/C19H16N2O/c1-15-7-9-16(10-8-15)17-11-13-21(14-12-17)20-19(22)18-5-3-2-4-6-18/h2-14H,1H3. The van der Waals surface area contributed by atoms with E-state index in [4.69, 9.17) is 0 Å². The van der Waals surface area contributed by atoms with E-state index in [-0.39, 0.29) is 5.90 Å². The third kappa shape index (κ3) is 3.20. The zero-order valence-electron chi connectivity index (χ0n) is 12.3. The Labute approximate surface area is 129 Å². The monoisotopic (exact) mass is 288 g/mol. The van der Waals surface area contributed by atoms with Crippen LogP contribution >= 0.6 is 0 Å². The van der Waals surface area contributed by atoms with Gasteiger partial charge in [-0.3, -0.25) is 0 Å². The van der Waals surface area contributed by atoms with Crippen molar-refractivity contribution >= 4 is 5.90 Å².